The molecule has 28 heavy (non-hydrogen) atoms. The first-order valence-electron chi connectivity index (χ1n) is 9.52. The van der Waals surface area contributed by atoms with Crippen LogP contribution in [0.25, 0.3) is 0 Å². The van der Waals surface area contributed by atoms with E-state index in [1.807, 2.05) is 37.3 Å². The van der Waals surface area contributed by atoms with Crippen LogP contribution < -0.4 is 15.1 Å². The van der Waals surface area contributed by atoms with Crippen molar-refractivity contribution in [1.29, 1.82) is 0 Å². The van der Waals surface area contributed by atoms with Gasteiger partial charge in [-0.1, -0.05) is 29.8 Å². The molecule has 0 atom stereocenters. The Labute approximate surface area is 171 Å². The van der Waals surface area contributed by atoms with E-state index in [0.717, 1.165) is 43.4 Å². The highest BCUT2D eigenvalue weighted by Gasteiger charge is 2.19. The number of anilines is 4. The summed E-state index contributed by atoms with van der Waals surface area (Å²) in [6, 6.07) is 18.3. The number of piperazine rings is 1. The fourth-order valence-electron chi connectivity index (χ4n) is 3.48. The van der Waals surface area contributed by atoms with Gasteiger partial charge in [-0.25, -0.2) is 4.98 Å². The molecule has 6 heteroatoms. The summed E-state index contributed by atoms with van der Waals surface area (Å²) >= 11 is 6.08. The van der Waals surface area contributed by atoms with Crippen LogP contribution in [0.3, 0.4) is 0 Å². The van der Waals surface area contributed by atoms with Crippen LogP contribution in [0.1, 0.15) is 11.3 Å². The number of hydrogen-bond donors (Lipinski definition) is 1. The lowest BCUT2D eigenvalue weighted by Crippen LogP contribution is -2.47. The largest absolute Gasteiger partial charge is 0.368 e. The summed E-state index contributed by atoms with van der Waals surface area (Å²) in [5.74, 6) is 1.55. The number of aromatic nitrogens is 2. The number of benzene rings is 2. The molecule has 0 radical (unpaired) electrons. The Kier molecular flexibility index (Phi) is 5.35. The molecule has 0 spiro atoms. The molecule has 144 valence electrons. The van der Waals surface area contributed by atoms with Gasteiger partial charge in [0.25, 0.3) is 0 Å². The number of aryl methyl sites for hydroxylation is 2. The molecule has 1 saturated heterocycles. The van der Waals surface area contributed by atoms with Crippen molar-refractivity contribution in [2.24, 2.45) is 0 Å². The standard InChI is InChI=1S/C22H24ClN5/c1-16-5-3-8-20(13-16)27-9-11-28(12-10-27)21-14-17(2)24-22(26-21)25-19-7-4-6-18(23)15-19/h3-8,13-15H,9-12H2,1-2H3,(H,24,25,26). The smallest absolute Gasteiger partial charge is 0.229 e. The van der Waals surface area contributed by atoms with Gasteiger partial charge in [0, 0.05) is 54.3 Å². The summed E-state index contributed by atoms with van der Waals surface area (Å²) in [6.45, 7) is 7.95. The second kappa shape index (κ2) is 8.07. The fourth-order valence-corrected chi connectivity index (χ4v) is 3.67. The van der Waals surface area contributed by atoms with Gasteiger partial charge >= 0.3 is 0 Å². The van der Waals surface area contributed by atoms with Crippen molar-refractivity contribution in [2.45, 2.75) is 13.8 Å². The van der Waals surface area contributed by atoms with E-state index in [1.165, 1.54) is 11.3 Å². The minimum atomic E-state index is 0.596. The highest BCUT2D eigenvalue weighted by molar-refractivity contribution is 6.30. The molecule has 2 aromatic carbocycles. The third kappa shape index (κ3) is 4.37. The average Bonchev–Trinajstić information content (AvgIpc) is 2.68. The van der Waals surface area contributed by atoms with Crippen LogP contribution in [0.2, 0.25) is 5.02 Å². The zero-order valence-corrected chi connectivity index (χ0v) is 16.9. The zero-order chi connectivity index (χ0) is 19.5. The molecule has 1 fully saturated rings. The highest BCUT2D eigenvalue weighted by atomic mass is 35.5. The number of rotatable bonds is 4. The average molecular weight is 394 g/mol. The molecule has 5 nitrogen and oxygen atoms in total. The summed E-state index contributed by atoms with van der Waals surface area (Å²) in [7, 11) is 0. The lowest BCUT2D eigenvalue weighted by Gasteiger charge is -2.37. The Morgan fingerprint density at radius 3 is 2.36 bits per heavy atom. The van der Waals surface area contributed by atoms with Crippen LogP contribution in [-0.4, -0.2) is 36.1 Å². The van der Waals surface area contributed by atoms with Crippen LogP contribution >= 0.6 is 11.6 Å². The molecule has 0 bridgehead atoms. The predicted octanol–water partition coefficient (Wildman–Crippen LogP) is 4.82. The Balaban J connectivity index is 1.47. The van der Waals surface area contributed by atoms with Gasteiger partial charge in [-0.2, -0.15) is 4.98 Å². The van der Waals surface area contributed by atoms with E-state index in [-0.39, 0.29) is 0 Å². The molecule has 0 unspecified atom stereocenters. The molecule has 0 aliphatic carbocycles. The fraction of sp³-hybridized carbons (Fsp3) is 0.273. The van der Waals surface area contributed by atoms with Crippen molar-refractivity contribution in [2.75, 3.05) is 41.3 Å². The van der Waals surface area contributed by atoms with Gasteiger partial charge in [-0.15, -0.1) is 0 Å². The first-order chi connectivity index (χ1) is 13.6. The van der Waals surface area contributed by atoms with E-state index < -0.39 is 0 Å². The molecule has 3 aromatic rings. The first-order valence-corrected chi connectivity index (χ1v) is 9.89. The van der Waals surface area contributed by atoms with Gasteiger partial charge in [-0.05, 0) is 49.7 Å². The second-order valence-corrected chi connectivity index (χ2v) is 7.58. The van der Waals surface area contributed by atoms with Crippen LogP contribution in [-0.2, 0) is 0 Å². The third-order valence-corrected chi connectivity index (χ3v) is 5.13. The van der Waals surface area contributed by atoms with Crippen molar-refractivity contribution in [3.05, 3.63) is 70.9 Å². The molecule has 1 aliphatic rings. The van der Waals surface area contributed by atoms with Crippen molar-refractivity contribution in [3.8, 4) is 0 Å². The molecule has 0 amide bonds. The van der Waals surface area contributed by atoms with Crippen LogP contribution in [0.4, 0.5) is 23.1 Å². The molecule has 0 saturated carbocycles. The summed E-state index contributed by atoms with van der Waals surface area (Å²) in [6.07, 6.45) is 0. The van der Waals surface area contributed by atoms with Gasteiger partial charge in [0.15, 0.2) is 0 Å². The number of halogens is 1. The van der Waals surface area contributed by atoms with Crippen LogP contribution in [0.5, 0.6) is 0 Å². The van der Waals surface area contributed by atoms with Crippen molar-refractivity contribution < 1.29 is 0 Å². The van der Waals surface area contributed by atoms with Gasteiger partial charge in [0.2, 0.25) is 5.95 Å². The Bertz CT molecular complexity index is 967. The van der Waals surface area contributed by atoms with E-state index in [4.69, 9.17) is 16.6 Å². The number of nitrogens with one attached hydrogen (secondary N) is 1. The van der Waals surface area contributed by atoms with Crippen molar-refractivity contribution in [3.63, 3.8) is 0 Å². The minimum Gasteiger partial charge on any atom is -0.368 e. The Morgan fingerprint density at radius 1 is 0.857 bits per heavy atom. The molecular formula is C22H24ClN5. The summed E-state index contributed by atoms with van der Waals surface area (Å²) in [4.78, 5) is 14.0. The van der Waals surface area contributed by atoms with Gasteiger partial charge in [-0.3, -0.25) is 0 Å². The van der Waals surface area contributed by atoms with Crippen molar-refractivity contribution in [1.82, 2.24) is 9.97 Å². The molecular weight excluding hydrogens is 370 g/mol. The van der Waals surface area contributed by atoms with Gasteiger partial charge in [0.1, 0.15) is 5.82 Å². The summed E-state index contributed by atoms with van der Waals surface area (Å²) in [5, 5.41) is 3.95. The maximum absolute atomic E-state index is 6.08. The number of nitrogens with zero attached hydrogens (tertiary/aromatic N) is 4. The topological polar surface area (TPSA) is 44.3 Å². The Morgan fingerprint density at radius 2 is 1.61 bits per heavy atom. The zero-order valence-electron chi connectivity index (χ0n) is 16.2. The lowest BCUT2D eigenvalue weighted by atomic mass is 10.2. The second-order valence-electron chi connectivity index (χ2n) is 7.14. The lowest BCUT2D eigenvalue weighted by molar-refractivity contribution is 0.646. The highest BCUT2D eigenvalue weighted by Crippen LogP contribution is 2.23. The molecule has 2 heterocycles. The molecule has 1 aromatic heterocycles. The predicted molar refractivity (Wildman–Crippen MR) is 117 cm³/mol. The summed E-state index contributed by atoms with van der Waals surface area (Å²) in [5.41, 5.74) is 4.41. The van der Waals surface area contributed by atoms with E-state index in [9.17, 15) is 0 Å². The van der Waals surface area contributed by atoms with E-state index >= 15 is 0 Å². The third-order valence-electron chi connectivity index (χ3n) is 4.89. The minimum absolute atomic E-state index is 0.596. The first kappa shape index (κ1) is 18.6. The van der Waals surface area contributed by atoms with E-state index in [0.29, 0.717) is 11.0 Å². The summed E-state index contributed by atoms with van der Waals surface area (Å²) < 4.78 is 0. The molecule has 4 rings (SSSR count). The quantitative estimate of drug-likeness (QED) is 0.688. The van der Waals surface area contributed by atoms with Gasteiger partial charge in [0.05, 0.1) is 0 Å². The Hall–Kier alpha value is -2.79. The molecule has 1 aliphatic heterocycles. The molecule has 1 N–H and O–H groups in total. The van der Waals surface area contributed by atoms with E-state index in [1.54, 1.807) is 0 Å². The maximum atomic E-state index is 6.08. The van der Waals surface area contributed by atoms with E-state index in [2.05, 4.69) is 51.3 Å². The maximum Gasteiger partial charge on any atom is 0.229 e. The monoisotopic (exact) mass is 393 g/mol. The SMILES string of the molecule is Cc1cccc(N2CCN(c3cc(C)nc(Nc4cccc(Cl)c4)n3)CC2)c1. The van der Waals surface area contributed by atoms with Crippen LogP contribution in [0.15, 0.2) is 54.6 Å². The normalized spacial score (nSPS) is 14.2. The van der Waals surface area contributed by atoms with Crippen LogP contribution in [0, 0.1) is 13.8 Å². The number of hydrogen-bond acceptors (Lipinski definition) is 5. The van der Waals surface area contributed by atoms with Crippen molar-refractivity contribution >= 4 is 34.7 Å². The van der Waals surface area contributed by atoms with Gasteiger partial charge < -0.3 is 15.1 Å².